The quantitative estimate of drug-likeness (QED) is 0.834. The molecule has 4 aliphatic rings. The average molecular weight is 374 g/mol. The molecule has 5 rings (SSSR count). The van der Waals surface area contributed by atoms with Crippen molar-refractivity contribution < 1.29 is 4.79 Å². The van der Waals surface area contributed by atoms with Crippen LogP contribution in [-0.4, -0.2) is 52.9 Å². The van der Waals surface area contributed by atoms with Crippen LogP contribution in [0.15, 0.2) is 6.07 Å². The number of hydrogen-bond donors (Lipinski definition) is 2. The van der Waals surface area contributed by atoms with E-state index in [1.54, 1.807) is 0 Å². The molecule has 150 valence electrons. The van der Waals surface area contributed by atoms with Crippen LogP contribution in [0.4, 0.5) is 4.79 Å². The highest BCUT2D eigenvalue weighted by molar-refractivity contribution is 5.73. The first-order valence-electron chi connectivity index (χ1n) is 10.9. The van der Waals surface area contributed by atoms with Gasteiger partial charge in [-0.1, -0.05) is 19.3 Å². The topological polar surface area (TPSA) is 62.2 Å². The first-order valence-corrected chi connectivity index (χ1v) is 10.9. The van der Waals surface area contributed by atoms with Crippen molar-refractivity contribution in [3.8, 4) is 0 Å². The standard InChI is InChI=1S/C21H35N5O/c1-3-22-21(27)23-13-17-11-16-9-10-26(17)14-18(16)20-12-19(24-25(20)2)15-7-5-4-6-8-15/h12,15-18H,3-11,13-14H2,1-2H3,(H2,22,23,27)/t16-,17+,18+/m1/s1. The Bertz CT molecular complexity index is 651. The van der Waals surface area contributed by atoms with Crippen LogP contribution in [0.5, 0.6) is 0 Å². The van der Waals surface area contributed by atoms with E-state index >= 15 is 0 Å². The van der Waals surface area contributed by atoms with Crippen LogP contribution >= 0.6 is 0 Å². The molecule has 1 aromatic rings. The lowest BCUT2D eigenvalue weighted by Crippen LogP contribution is -2.56. The number of fused-ring (bicyclic) bond motifs is 3. The molecule has 6 nitrogen and oxygen atoms in total. The maximum atomic E-state index is 11.7. The third kappa shape index (κ3) is 4.00. The van der Waals surface area contributed by atoms with E-state index in [4.69, 9.17) is 5.10 Å². The molecule has 4 fully saturated rings. The SMILES string of the molecule is CCNC(=O)NC[C@@H]1C[C@H]2CCN1C[C@@H]2c1cc(C2CCCCC2)nn1C. The Labute approximate surface area is 163 Å². The maximum Gasteiger partial charge on any atom is 0.314 e. The van der Waals surface area contributed by atoms with Gasteiger partial charge in [0, 0.05) is 50.3 Å². The van der Waals surface area contributed by atoms with Crippen LogP contribution in [0.2, 0.25) is 0 Å². The molecule has 3 saturated heterocycles. The molecule has 1 saturated carbocycles. The maximum absolute atomic E-state index is 11.7. The Balaban J connectivity index is 1.40. The van der Waals surface area contributed by atoms with Gasteiger partial charge in [-0.15, -0.1) is 0 Å². The largest absolute Gasteiger partial charge is 0.338 e. The predicted octanol–water partition coefficient (Wildman–Crippen LogP) is 2.96. The minimum atomic E-state index is -0.0412. The van der Waals surface area contributed by atoms with Gasteiger partial charge in [0.15, 0.2) is 0 Å². The zero-order chi connectivity index (χ0) is 18.8. The second kappa shape index (κ2) is 8.21. The molecule has 4 atom stereocenters. The number of nitrogens with zero attached hydrogens (tertiary/aromatic N) is 3. The second-order valence-electron chi connectivity index (χ2n) is 8.73. The zero-order valence-electron chi connectivity index (χ0n) is 16.9. The van der Waals surface area contributed by atoms with Crippen molar-refractivity contribution in [1.29, 1.82) is 0 Å². The molecule has 1 aliphatic carbocycles. The van der Waals surface area contributed by atoms with Crippen molar-refractivity contribution in [3.63, 3.8) is 0 Å². The predicted molar refractivity (Wildman–Crippen MR) is 107 cm³/mol. The van der Waals surface area contributed by atoms with E-state index in [1.165, 1.54) is 56.3 Å². The number of carbonyl (C=O) groups excluding carboxylic acids is 1. The number of piperidine rings is 3. The van der Waals surface area contributed by atoms with E-state index in [0.717, 1.165) is 19.6 Å². The van der Waals surface area contributed by atoms with Crippen LogP contribution in [-0.2, 0) is 7.05 Å². The number of aryl methyl sites for hydroxylation is 1. The summed E-state index contributed by atoms with van der Waals surface area (Å²) in [7, 11) is 2.13. The summed E-state index contributed by atoms with van der Waals surface area (Å²) in [5, 5.41) is 10.8. The fourth-order valence-electron chi connectivity index (χ4n) is 5.57. The fourth-order valence-corrected chi connectivity index (χ4v) is 5.57. The fraction of sp³-hybridized carbons (Fsp3) is 0.810. The summed E-state index contributed by atoms with van der Waals surface area (Å²) in [5.41, 5.74) is 2.76. The molecule has 4 heterocycles. The minimum absolute atomic E-state index is 0.0412. The average Bonchev–Trinajstić information content (AvgIpc) is 3.09. The van der Waals surface area contributed by atoms with Gasteiger partial charge >= 0.3 is 6.03 Å². The molecule has 2 bridgehead atoms. The lowest BCUT2D eigenvalue weighted by Gasteiger charge is -2.49. The van der Waals surface area contributed by atoms with Crippen LogP contribution in [0, 0.1) is 5.92 Å². The molecular weight excluding hydrogens is 338 g/mol. The summed E-state index contributed by atoms with van der Waals surface area (Å²) >= 11 is 0. The van der Waals surface area contributed by atoms with Crippen molar-refractivity contribution in [1.82, 2.24) is 25.3 Å². The number of aromatic nitrogens is 2. The van der Waals surface area contributed by atoms with E-state index in [0.29, 0.717) is 30.3 Å². The highest BCUT2D eigenvalue weighted by Crippen LogP contribution is 2.42. The van der Waals surface area contributed by atoms with E-state index in [2.05, 4.69) is 33.3 Å². The number of amides is 2. The first kappa shape index (κ1) is 18.8. The summed E-state index contributed by atoms with van der Waals surface area (Å²) < 4.78 is 2.17. The van der Waals surface area contributed by atoms with Crippen molar-refractivity contribution >= 4 is 6.03 Å². The van der Waals surface area contributed by atoms with Gasteiger partial charge in [0.25, 0.3) is 0 Å². The van der Waals surface area contributed by atoms with Gasteiger partial charge in [0.1, 0.15) is 0 Å². The Hall–Kier alpha value is -1.56. The third-order valence-corrected chi connectivity index (χ3v) is 7.05. The number of urea groups is 1. The van der Waals surface area contributed by atoms with Gasteiger partial charge in [-0.3, -0.25) is 9.58 Å². The van der Waals surface area contributed by atoms with Gasteiger partial charge < -0.3 is 10.6 Å². The van der Waals surface area contributed by atoms with Crippen LogP contribution in [0.25, 0.3) is 0 Å². The molecule has 2 amide bonds. The molecule has 6 heteroatoms. The van der Waals surface area contributed by atoms with E-state index < -0.39 is 0 Å². The molecule has 2 N–H and O–H groups in total. The van der Waals surface area contributed by atoms with Crippen molar-refractivity contribution in [2.24, 2.45) is 13.0 Å². The highest BCUT2D eigenvalue weighted by Gasteiger charge is 2.42. The Morgan fingerprint density at radius 3 is 2.74 bits per heavy atom. The molecular formula is C21H35N5O. The van der Waals surface area contributed by atoms with Gasteiger partial charge in [0.05, 0.1) is 5.69 Å². The lowest BCUT2D eigenvalue weighted by molar-refractivity contribution is 0.0294. The van der Waals surface area contributed by atoms with Crippen molar-refractivity contribution in [2.75, 3.05) is 26.2 Å². The summed E-state index contributed by atoms with van der Waals surface area (Å²) in [6.07, 6.45) is 9.18. The lowest BCUT2D eigenvalue weighted by atomic mass is 9.74. The molecule has 1 unspecified atom stereocenters. The molecule has 27 heavy (non-hydrogen) atoms. The molecule has 0 spiro atoms. The van der Waals surface area contributed by atoms with Gasteiger partial charge in [-0.25, -0.2) is 4.79 Å². The van der Waals surface area contributed by atoms with E-state index in [-0.39, 0.29) is 6.03 Å². The summed E-state index contributed by atoms with van der Waals surface area (Å²) in [4.78, 5) is 14.3. The van der Waals surface area contributed by atoms with Gasteiger partial charge in [-0.05, 0) is 51.1 Å². The number of hydrogen-bond acceptors (Lipinski definition) is 3. The Morgan fingerprint density at radius 2 is 2.04 bits per heavy atom. The number of carbonyl (C=O) groups is 1. The number of rotatable bonds is 5. The summed E-state index contributed by atoms with van der Waals surface area (Å²) in [5.74, 6) is 1.98. The zero-order valence-corrected chi connectivity index (χ0v) is 16.9. The smallest absolute Gasteiger partial charge is 0.314 e. The van der Waals surface area contributed by atoms with E-state index in [1.807, 2.05) is 6.92 Å². The number of nitrogens with one attached hydrogen (secondary N) is 2. The first-order chi connectivity index (χ1) is 13.2. The molecule has 0 radical (unpaired) electrons. The minimum Gasteiger partial charge on any atom is -0.338 e. The molecule has 3 aliphatic heterocycles. The van der Waals surface area contributed by atoms with E-state index in [9.17, 15) is 4.79 Å². The second-order valence-corrected chi connectivity index (χ2v) is 8.73. The normalized spacial score (nSPS) is 31.0. The van der Waals surface area contributed by atoms with Gasteiger partial charge in [-0.2, -0.15) is 5.10 Å². The summed E-state index contributed by atoms with van der Waals surface area (Å²) in [6, 6.07) is 2.86. The van der Waals surface area contributed by atoms with Crippen LogP contribution in [0.3, 0.4) is 0 Å². The van der Waals surface area contributed by atoms with Crippen LogP contribution < -0.4 is 10.6 Å². The monoisotopic (exact) mass is 373 g/mol. The highest BCUT2D eigenvalue weighted by atomic mass is 16.2. The summed E-state index contributed by atoms with van der Waals surface area (Å²) in [6.45, 7) is 5.65. The molecule has 1 aromatic heterocycles. The molecule has 0 aromatic carbocycles. The van der Waals surface area contributed by atoms with Crippen molar-refractivity contribution in [3.05, 3.63) is 17.5 Å². The van der Waals surface area contributed by atoms with Crippen LogP contribution in [0.1, 0.15) is 75.1 Å². The Kier molecular flexibility index (Phi) is 5.71. The van der Waals surface area contributed by atoms with Gasteiger partial charge in [0.2, 0.25) is 0 Å². The third-order valence-electron chi connectivity index (χ3n) is 7.05. The van der Waals surface area contributed by atoms with Crippen molar-refractivity contribution in [2.45, 2.75) is 69.7 Å². The Morgan fingerprint density at radius 1 is 1.22 bits per heavy atom.